The molecule has 1 aromatic carbocycles. The first-order valence-electron chi connectivity index (χ1n) is 4.64. The number of benzene rings is 1. The molecule has 0 fully saturated rings. The summed E-state index contributed by atoms with van der Waals surface area (Å²) < 4.78 is 1.50. The van der Waals surface area contributed by atoms with E-state index in [0.717, 1.165) is 16.9 Å². The zero-order chi connectivity index (χ0) is 11.0. The third kappa shape index (κ3) is 1.70. The number of H-pyrrole nitrogens is 1. The molecule has 2 rings (SSSR count). The third-order valence-corrected chi connectivity index (χ3v) is 2.67. The van der Waals surface area contributed by atoms with Crippen molar-refractivity contribution >= 4 is 11.6 Å². The lowest BCUT2D eigenvalue weighted by atomic mass is 10.3. The molecule has 0 bridgehead atoms. The number of halogens is 1. The predicted octanol–water partition coefficient (Wildman–Crippen LogP) is 2.44. The molecule has 0 atom stereocenters. The summed E-state index contributed by atoms with van der Waals surface area (Å²) in [5.74, 6) is 0. The monoisotopic (exact) mass is 222 g/mol. The van der Waals surface area contributed by atoms with E-state index in [9.17, 15) is 4.79 Å². The van der Waals surface area contributed by atoms with E-state index < -0.39 is 0 Å². The van der Waals surface area contributed by atoms with Crippen LogP contribution in [0.4, 0.5) is 0 Å². The lowest BCUT2D eigenvalue weighted by Crippen LogP contribution is -2.15. The molecule has 0 saturated heterocycles. The van der Waals surface area contributed by atoms with Gasteiger partial charge in [0.15, 0.2) is 0 Å². The molecule has 2 aromatic rings. The van der Waals surface area contributed by atoms with E-state index >= 15 is 0 Å². The minimum atomic E-state index is -0.0326. The van der Waals surface area contributed by atoms with Crippen LogP contribution < -0.4 is 5.56 Å². The second-order valence-electron chi connectivity index (χ2n) is 3.48. The van der Waals surface area contributed by atoms with Crippen molar-refractivity contribution in [3.8, 4) is 5.69 Å². The summed E-state index contributed by atoms with van der Waals surface area (Å²) in [4.78, 5) is 11.8. The fraction of sp³-hybridized carbons (Fsp3) is 0.182. The van der Waals surface area contributed by atoms with Crippen molar-refractivity contribution in [3.05, 3.63) is 50.9 Å². The van der Waals surface area contributed by atoms with Crippen molar-refractivity contribution in [1.82, 2.24) is 9.78 Å². The molecular weight excluding hydrogens is 212 g/mol. The number of hydrogen-bond donors (Lipinski definition) is 1. The number of aromatic nitrogens is 2. The molecule has 3 nitrogen and oxygen atoms in total. The van der Waals surface area contributed by atoms with Crippen LogP contribution in [0.3, 0.4) is 0 Å². The van der Waals surface area contributed by atoms with Gasteiger partial charge in [-0.1, -0.05) is 17.7 Å². The summed E-state index contributed by atoms with van der Waals surface area (Å²) in [6.45, 7) is 3.67. The topological polar surface area (TPSA) is 37.8 Å². The van der Waals surface area contributed by atoms with Crippen LogP contribution in [0.5, 0.6) is 0 Å². The average molecular weight is 223 g/mol. The highest BCUT2D eigenvalue weighted by atomic mass is 35.5. The van der Waals surface area contributed by atoms with Crippen LogP contribution >= 0.6 is 11.6 Å². The summed E-state index contributed by atoms with van der Waals surface area (Å²) in [6.07, 6.45) is 0. The van der Waals surface area contributed by atoms with E-state index in [1.807, 2.05) is 19.1 Å². The minimum Gasteiger partial charge on any atom is -0.295 e. The standard InChI is InChI=1S/C11H11ClN2O/c1-7-8(2)13-14(11(7)15)10-5-3-4-9(12)6-10/h3-6,13H,1-2H3. The molecule has 15 heavy (non-hydrogen) atoms. The van der Waals surface area contributed by atoms with Crippen LogP contribution in [0.1, 0.15) is 11.3 Å². The molecule has 4 heteroatoms. The highest BCUT2D eigenvalue weighted by Crippen LogP contribution is 2.13. The lowest BCUT2D eigenvalue weighted by molar-refractivity contribution is 0.835. The summed E-state index contributed by atoms with van der Waals surface area (Å²) in [6, 6.07) is 7.18. The quantitative estimate of drug-likeness (QED) is 0.791. The third-order valence-electron chi connectivity index (χ3n) is 2.43. The van der Waals surface area contributed by atoms with Gasteiger partial charge in [-0.05, 0) is 32.0 Å². The van der Waals surface area contributed by atoms with Crippen LogP contribution in [-0.4, -0.2) is 9.78 Å². The summed E-state index contributed by atoms with van der Waals surface area (Å²) >= 11 is 5.86. The second-order valence-corrected chi connectivity index (χ2v) is 3.92. The Labute approximate surface area is 92.3 Å². The maximum absolute atomic E-state index is 11.8. The zero-order valence-electron chi connectivity index (χ0n) is 8.54. The maximum atomic E-state index is 11.8. The highest BCUT2D eigenvalue weighted by Gasteiger charge is 2.07. The van der Waals surface area contributed by atoms with E-state index in [4.69, 9.17) is 11.6 Å². The largest absolute Gasteiger partial charge is 0.295 e. The number of nitrogens with one attached hydrogen (secondary N) is 1. The van der Waals surface area contributed by atoms with Crippen LogP contribution in [0.25, 0.3) is 5.69 Å². The van der Waals surface area contributed by atoms with Gasteiger partial charge < -0.3 is 0 Å². The Balaban J connectivity index is 2.64. The van der Waals surface area contributed by atoms with Gasteiger partial charge in [0.2, 0.25) is 0 Å². The number of aryl methyl sites for hydroxylation is 1. The predicted molar refractivity (Wildman–Crippen MR) is 60.9 cm³/mol. The first-order chi connectivity index (χ1) is 7.09. The van der Waals surface area contributed by atoms with Gasteiger partial charge in [0.05, 0.1) is 5.69 Å². The lowest BCUT2D eigenvalue weighted by Gasteiger charge is -2.01. The molecule has 0 aliphatic carbocycles. The maximum Gasteiger partial charge on any atom is 0.274 e. The van der Waals surface area contributed by atoms with Gasteiger partial charge in [0.1, 0.15) is 0 Å². The molecule has 0 unspecified atom stereocenters. The Morgan fingerprint density at radius 3 is 2.60 bits per heavy atom. The summed E-state index contributed by atoms with van der Waals surface area (Å²) in [5, 5.41) is 3.62. The average Bonchev–Trinajstić information content (AvgIpc) is 2.46. The molecule has 1 N–H and O–H groups in total. The number of hydrogen-bond acceptors (Lipinski definition) is 1. The Kier molecular flexibility index (Phi) is 2.40. The van der Waals surface area contributed by atoms with Gasteiger partial charge in [-0.25, -0.2) is 4.68 Å². The van der Waals surface area contributed by atoms with Crippen LogP contribution in [-0.2, 0) is 0 Å². The molecule has 0 aliphatic rings. The number of nitrogens with zero attached hydrogens (tertiary/aromatic N) is 1. The van der Waals surface area contributed by atoms with E-state index in [1.165, 1.54) is 4.68 Å². The summed E-state index contributed by atoms with van der Waals surface area (Å²) in [7, 11) is 0. The van der Waals surface area contributed by atoms with Crippen LogP contribution in [0.2, 0.25) is 5.02 Å². The number of aromatic amines is 1. The van der Waals surface area contributed by atoms with Gasteiger partial charge in [-0.2, -0.15) is 0 Å². The van der Waals surface area contributed by atoms with E-state index in [-0.39, 0.29) is 5.56 Å². The Morgan fingerprint density at radius 2 is 2.07 bits per heavy atom. The van der Waals surface area contributed by atoms with Crippen LogP contribution in [0.15, 0.2) is 29.1 Å². The molecule has 1 aromatic heterocycles. The first kappa shape index (κ1) is 10.1. The van der Waals surface area contributed by atoms with Gasteiger partial charge in [0.25, 0.3) is 5.56 Å². The minimum absolute atomic E-state index is 0.0326. The van der Waals surface area contributed by atoms with Crippen molar-refractivity contribution in [1.29, 1.82) is 0 Å². The molecule has 0 amide bonds. The molecule has 1 heterocycles. The van der Waals surface area contributed by atoms with Gasteiger partial charge in [-0.15, -0.1) is 0 Å². The molecule has 78 valence electrons. The molecule has 0 aliphatic heterocycles. The van der Waals surface area contributed by atoms with Gasteiger partial charge >= 0.3 is 0 Å². The molecule has 0 spiro atoms. The Bertz CT molecular complexity index is 554. The van der Waals surface area contributed by atoms with Crippen molar-refractivity contribution in [3.63, 3.8) is 0 Å². The number of rotatable bonds is 1. The molecular formula is C11H11ClN2O. The van der Waals surface area contributed by atoms with Crippen LogP contribution in [0, 0.1) is 13.8 Å². The zero-order valence-corrected chi connectivity index (χ0v) is 9.30. The first-order valence-corrected chi connectivity index (χ1v) is 5.01. The van der Waals surface area contributed by atoms with Crippen molar-refractivity contribution in [2.45, 2.75) is 13.8 Å². The van der Waals surface area contributed by atoms with E-state index in [2.05, 4.69) is 5.10 Å². The van der Waals surface area contributed by atoms with E-state index in [1.54, 1.807) is 19.1 Å². The molecule has 0 saturated carbocycles. The van der Waals surface area contributed by atoms with Crippen molar-refractivity contribution in [2.75, 3.05) is 0 Å². The van der Waals surface area contributed by atoms with Crippen molar-refractivity contribution < 1.29 is 0 Å². The highest BCUT2D eigenvalue weighted by molar-refractivity contribution is 6.30. The Morgan fingerprint density at radius 1 is 1.33 bits per heavy atom. The Hall–Kier alpha value is -1.48. The van der Waals surface area contributed by atoms with Gasteiger partial charge in [0, 0.05) is 16.3 Å². The molecule has 0 radical (unpaired) electrons. The smallest absolute Gasteiger partial charge is 0.274 e. The fourth-order valence-electron chi connectivity index (χ4n) is 1.43. The van der Waals surface area contributed by atoms with E-state index in [0.29, 0.717) is 5.02 Å². The SMILES string of the molecule is Cc1[nH]n(-c2cccc(Cl)c2)c(=O)c1C. The van der Waals surface area contributed by atoms with Crippen molar-refractivity contribution in [2.24, 2.45) is 0 Å². The summed E-state index contributed by atoms with van der Waals surface area (Å²) in [5.41, 5.74) is 2.33. The normalized spacial score (nSPS) is 10.6. The van der Waals surface area contributed by atoms with Gasteiger partial charge in [-0.3, -0.25) is 9.89 Å². The fourth-order valence-corrected chi connectivity index (χ4v) is 1.61. The second kappa shape index (κ2) is 3.59.